The topological polar surface area (TPSA) is 21.3 Å². The van der Waals surface area contributed by atoms with Gasteiger partial charge in [0.15, 0.2) is 0 Å². The van der Waals surface area contributed by atoms with Crippen molar-refractivity contribution in [2.24, 2.45) is 11.3 Å². The standard InChI is InChI=1S/C18H31NO/c1-4-9-18(10-5-1)11-8-16(20-18)12-17(13-19-14-17)15-6-2-3-7-15/h15-16,19H,1-14H2. The molecule has 4 rings (SSSR count). The first-order valence-corrected chi connectivity index (χ1v) is 9.19. The van der Waals surface area contributed by atoms with Gasteiger partial charge >= 0.3 is 0 Å². The number of rotatable bonds is 3. The Morgan fingerprint density at radius 1 is 0.850 bits per heavy atom. The van der Waals surface area contributed by atoms with Crippen molar-refractivity contribution in [1.82, 2.24) is 5.32 Å². The van der Waals surface area contributed by atoms with Gasteiger partial charge in [-0.2, -0.15) is 0 Å². The molecule has 1 spiro atoms. The molecule has 1 unspecified atom stereocenters. The minimum Gasteiger partial charge on any atom is -0.372 e. The molecular formula is C18H31NO. The third-order valence-electron chi connectivity index (χ3n) is 6.91. The van der Waals surface area contributed by atoms with Gasteiger partial charge in [0, 0.05) is 18.5 Å². The van der Waals surface area contributed by atoms with Gasteiger partial charge in [0.05, 0.1) is 11.7 Å². The summed E-state index contributed by atoms with van der Waals surface area (Å²) in [6.45, 7) is 2.54. The lowest BCUT2D eigenvalue weighted by atomic mass is 9.66. The Morgan fingerprint density at radius 3 is 2.25 bits per heavy atom. The van der Waals surface area contributed by atoms with Crippen molar-refractivity contribution in [2.45, 2.75) is 88.8 Å². The molecule has 0 bridgehead atoms. The van der Waals surface area contributed by atoms with Crippen LogP contribution in [0.5, 0.6) is 0 Å². The molecule has 0 aromatic heterocycles. The molecule has 114 valence electrons. The van der Waals surface area contributed by atoms with Gasteiger partial charge < -0.3 is 10.1 Å². The predicted octanol–water partition coefficient (Wildman–Crippen LogP) is 4.04. The lowest BCUT2D eigenvalue weighted by Crippen LogP contribution is -2.58. The van der Waals surface area contributed by atoms with Gasteiger partial charge in [0.2, 0.25) is 0 Å². The Labute approximate surface area is 124 Å². The molecule has 0 aromatic carbocycles. The van der Waals surface area contributed by atoms with Crippen LogP contribution in [0.1, 0.15) is 77.0 Å². The largest absolute Gasteiger partial charge is 0.372 e. The van der Waals surface area contributed by atoms with Crippen LogP contribution in [0.4, 0.5) is 0 Å². The zero-order chi connectivity index (χ0) is 13.5. The molecule has 1 N–H and O–H groups in total. The second kappa shape index (κ2) is 5.28. The average molecular weight is 277 g/mol. The molecule has 2 heterocycles. The maximum Gasteiger partial charge on any atom is 0.0687 e. The summed E-state index contributed by atoms with van der Waals surface area (Å²) in [4.78, 5) is 0. The van der Waals surface area contributed by atoms with Crippen molar-refractivity contribution in [3.63, 3.8) is 0 Å². The zero-order valence-electron chi connectivity index (χ0n) is 13.0. The third-order valence-corrected chi connectivity index (χ3v) is 6.91. The van der Waals surface area contributed by atoms with E-state index >= 15 is 0 Å². The first-order chi connectivity index (χ1) is 9.80. The van der Waals surface area contributed by atoms with E-state index in [4.69, 9.17) is 4.74 Å². The summed E-state index contributed by atoms with van der Waals surface area (Å²) in [7, 11) is 0. The minimum atomic E-state index is 0.316. The van der Waals surface area contributed by atoms with E-state index in [0.29, 0.717) is 17.1 Å². The van der Waals surface area contributed by atoms with E-state index < -0.39 is 0 Å². The molecule has 2 heteroatoms. The summed E-state index contributed by atoms with van der Waals surface area (Å²) in [6.07, 6.45) is 17.5. The SMILES string of the molecule is C1CCC2(CC1)CCC(CC1(C3CCCC3)CNC1)O2. The van der Waals surface area contributed by atoms with Gasteiger partial charge in [-0.25, -0.2) is 0 Å². The van der Waals surface area contributed by atoms with E-state index in [1.165, 1.54) is 90.1 Å². The monoisotopic (exact) mass is 277 g/mol. The Kier molecular flexibility index (Phi) is 3.58. The van der Waals surface area contributed by atoms with Crippen LogP contribution < -0.4 is 5.32 Å². The van der Waals surface area contributed by atoms with E-state index in [0.717, 1.165) is 5.92 Å². The lowest BCUT2D eigenvalue weighted by molar-refractivity contribution is -0.0895. The van der Waals surface area contributed by atoms with Crippen molar-refractivity contribution < 1.29 is 4.74 Å². The maximum absolute atomic E-state index is 6.65. The number of ether oxygens (including phenoxy) is 1. The molecule has 2 aliphatic carbocycles. The summed E-state index contributed by atoms with van der Waals surface area (Å²) >= 11 is 0. The van der Waals surface area contributed by atoms with Crippen molar-refractivity contribution in [3.05, 3.63) is 0 Å². The Bertz CT molecular complexity index is 337. The zero-order valence-corrected chi connectivity index (χ0v) is 13.0. The smallest absolute Gasteiger partial charge is 0.0687 e. The second-order valence-corrected chi connectivity index (χ2v) is 8.17. The van der Waals surface area contributed by atoms with Crippen LogP contribution >= 0.6 is 0 Å². The highest BCUT2D eigenvalue weighted by molar-refractivity contribution is 5.02. The fraction of sp³-hybridized carbons (Fsp3) is 1.00. The number of hydrogen-bond donors (Lipinski definition) is 1. The van der Waals surface area contributed by atoms with Crippen LogP contribution in [0.15, 0.2) is 0 Å². The highest BCUT2D eigenvalue weighted by atomic mass is 16.5. The molecule has 2 saturated heterocycles. The van der Waals surface area contributed by atoms with Crippen LogP contribution in [-0.2, 0) is 4.74 Å². The van der Waals surface area contributed by atoms with Gasteiger partial charge in [-0.05, 0) is 50.9 Å². The molecule has 0 aromatic rings. The maximum atomic E-state index is 6.65. The summed E-state index contributed by atoms with van der Waals surface area (Å²) in [5, 5.41) is 3.57. The van der Waals surface area contributed by atoms with E-state index in [2.05, 4.69) is 5.32 Å². The summed E-state index contributed by atoms with van der Waals surface area (Å²) in [5.41, 5.74) is 0.929. The Morgan fingerprint density at radius 2 is 1.60 bits per heavy atom. The lowest BCUT2D eigenvalue weighted by Gasteiger charge is -2.49. The molecule has 4 aliphatic rings. The molecule has 4 fully saturated rings. The molecule has 20 heavy (non-hydrogen) atoms. The normalized spacial score (nSPS) is 36.3. The molecule has 1 atom stereocenters. The Hall–Kier alpha value is -0.0800. The van der Waals surface area contributed by atoms with E-state index in [9.17, 15) is 0 Å². The highest BCUT2D eigenvalue weighted by Crippen LogP contribution is 2.50. The van der Waals surface area contributed by atoms with Crippen molar-refractivity contribution in [1.29, 1.82) is 0 Å². The molecule has 2 aliphatic heterocycles. The summed E-state index contributed by atoms with van der Waals surface area (Å²) < 4.78 is 6.65. The molecule has 0 amide bonds. The van der Waals surface area contributed by atoms with Crippen LogP contribution in [0.3, 0.4) is 0 Å². The predicted molar refractivity (Wildman–Crippen MR) is 81.8 cm³/mol. The quantitative estimate of drug-likeness (QED) is 0.840. The van der Waals surface area contributed by atoms with Gasteiger partial charge in [-0.15, -0.1) is 0 Å². The van der Waals surface area contributed by atoms with E-state index in [1.807, 2.05) is 0 Å². The van der Waals surface area contributed by atoms with Crippen molar-refractivity contribution in [2.75, 3.05) is 13.1 Å². The van der Waals surface area contributed by atoms with E-state index in [-0.39, 0.29) is 0 Å². The molecule has 2 saturated carbocycles. The second-order valence-electron chi connectivity index (χ2n) is 8.17. The van der Waals surface area contributed by atoms with Crippen LogP contribution in [0.2, 0.25) is 0 Å². The van der Waals surface area contributed by atoms with Crippen LogP contribution in [-0.4, -0.2) is 24.8 Å². The number of hydrogen-bond acceptors (Lipinski definition) is 2. The summed E-state index contributed by atoms with van der Waals surface area (Å²) in [6, 6.07) is 0. The minimum absolute atomic E-state index is 0.316. The van der Waals surface area contributed by atoms with Crippen molar-refractivity contribution in [3.8, 4) is 0 Å². The average Bonchev–Trinajstić information content (AvgIpc) is 3.06. The van der Waals surface area contributed by atoms with Crippen LogP contribution in [0.25, 0.3) is 0 Å². The third kappa shape index (κ3) is 2.33. The Balaban J connectivity index is 1.39. The van der Waals surface area contributed by atoms with Gasteiger partial charge in [0.1, 0.15) is 0 Å². The summed E-state index contributed by atoms with van der Waals surface area (Å²) in [5.74, 6) is 0.996. The van der Waals surface area contributed by atoms with Gasteiger partial charge in [-0.1, -0.05) is 32.1 Å². The molecule has 2 nitrogen and oxygen atoms in total. The first-order valence-electron chi connectivity index (χ1n) is 9.19. The fourth-order valence-corrected chi connectivity index (χ4v) is 5.64. The van der Waals surface area contributed by atoms with Crippen LogP contribution in [0, 0.1) is 11.3 Å². The highest BCUT2D eigenvalue weighted by Gasteiger charge is 2.49. The first kappa shape index (κ1) is 13.6. The van der Waals surface area contributed by atoms with Crippen molar-refractivity contribution >= 4 is 0 Å². The molecule has 0 radical (unpaired) electrons. The van der Waals surface area contributed by atoms with Gasteiger partial charge in [-0.3, -0.25) is 0 Å². The fourth-order valence-electron chi connectivity index (χ4n) is 5.64. The van der Waals surface area contributed by atoms with Gasteiger partial charge in [0.25, 0.3) is 0 Å². The molecular weight excluding hydrogens is 246 g/mol. The van der Waals surface area contributed by atoms with E-state index in [1.54, 1.807) is 0 Å². The number of nitrogens with one attached hydrogen (secondary N) is 1.